The van der Waals surface area contributed by atoms with E-state index >= 15 is 0 Å². The van der Waals surface area contributed by atoms with Crippen molar-refractivity contribution < 1.29 is 9.53 Å². The van der Waals surface area contributed by atoms with Gasteiger partial charge in [0.2, 0.25) is 0 Å². The van der Waals surface area contributed by atoms with Crippen molar-refractivity contribution in [1.29, 1.82) is 0 Å². The summed E-state index contributed by atoms with van der Waals surface area (Å²) in [5.41, 5.74) is 7.17. The molecule has 1 heterocycles. The van der Waals surface area contributed by atoms with E-state index in [2.05, 4.69) is 10.3 Å². The molecule has 6 heteroatoms. The molecule has 0 saturated carbocycles. The van der Waals surface area contributed by atoms with Crippen LogP contribution in [0.15, 0.2) is 18.2 Å². The van der Waals surface area contributed by atoms with E-state index in [0.717, 1.165) is 10.2 Å². The molecule has 1 amide bonds. The van der Waals surface area contributed by atoms with Gasteiger partial charge in [0.15, 0.2) is 5.13 Å². The number of benzene rings is 1. The summed E-state index contributed by atoms with van der Waals surface area (Å²) in [6, 6.07) is 5.44. The van der Waals surface area contributed by atoms with Gasteiger partial charge in [-0.25, -0.2) is 4.98 Å². The third kappa shape index (κ3) is 2.29. The van der Waals surface area contributed by atoms with Gasteiger partial charge in [0.05, 0.1) is 10.2 Å². The zero-order valence-corrected chi connectivity index (χ0v) is 9.50. The number of nitrogen functional groups attached to an aromatic ring is 1. The lowest BCUT2D eigenvalue weighted by Crippen LogP contribution is -2.16. The number of hydrogen-bond acceptors (Lipinski definition) is 5. The molecule has 5 nitrogen and oxygen atoms in total. The standard InChI is InChI=1S/C10H11N3O2S/c1-15-5-9(14)13-10-12-7-3-2-6(11)4-8(7)16-10/h2-4H,5,11H2,1H3,(H,12,13,14). The summed E-state index contributed by atoms with van der Waals surface area (Å²) in [7, 11) is 1.47. The first-order valence-electron chi connectivity index (χ1n) is 4.64. The summed E-state index contributed by atoms with van der Waals surface area (Å²) in [6.07, 6.45) is 0. The van der Waals surface area contributed by atoms with E-state index in [4.69, 9.17) is 10.5 Å². The Morgan fingerprint density at radius 3 is 3.19 bits per heavy atom. The minimum atomic E-state index is -0.213. The Bertz CT molecular complexity index is 524. The summed E-state index contributed by atoms with van der Waals surface area (Å²) in [5.74, 6) is -0.213. The Hall–Kier alpha value is -1.66. The zero-order chi connectivity index (χ0) is 11.5. The average molecular weight is 237 g/mol. The molecule has 3 N–H and O–H groups in total. The van der Waals surface area contributed by atoms with Crippen LogP contribution < -0.4 is 11.1 Å². The second-order valence-electron chi connectivity index (χ2n) is 3.23. The summed E-state index contributed by atoms with van der Waals surface area (Å²) in [6.45, 7) is 0.0259. The predicted octanol–water partition coefficient (Wildman–Crippen LogP) is 1.46. The van der Waals surface area contributed by atoms with Crippen molar-refractivity contribution in [2.45, 2.75) is 0 Å². The fourth-order valence-corrected chi connectivity index (χ4v) is 2.21. The van der Waals surface area contributed by atoms with Gasteiger partial charge in [0.25, 0.3) is 5.91 Å². The second kappa shape index (κ2) is 4.46. The highest BCUT2D eigenvalue weighted by atomic mass is 32.1. The van der Waals surface area contributed by atoms with Crippen LogP contribution in [0.5, 0.6) is 0 Å². The van der Waals surface area contributed by atoms with E-state index in [9.17, 15) is 4.79 Å². The van der Waals surface area contributed by atoms with Crippen LogP contribution in [0.3, 0.4) is 0 Å². The van der Waals surface area contributed by atoms with Gasteiger partial charge in [0, 0.05) is 12.8 Å². The topological polar surface area (TPSA) is 77.2 Å². The van der Waals surface area contributed by atoms with Gasteiger partial charge in [-0.05, 0) is 18.2 Å². The third-order valence-corrected chi connectivity index (χ3v) is 2.87. The van der Waals surface area contributed by atoms with Gasteiger partial charge in [-0.2, -0.15) is 0 Å². The summed E-state index contributed by atoms with van der Waals surface area (Å²) in [4.78, 5) is 15.5. The van der Waals surface area contributed by atoms with E-state index in [1.807, 2.05) is 12.1 Å². The molecule has 1 aromatic carbocycles. The first-order valence-corrected chi connectivity index (χ1v) is 5.45. The smallest absolute Gasteiger partial charge is 0.252 e. The zero-order valence-electron chi connectivity index (χ0n) is 8.69. The maximum atomic E-state index is 11.3. The van der Waals surface area contributed by atoms with Crippen LogP contribution >= 0.6 is 11.3 Å². The van der Waals surface area contributed by atoms with Crippen molar-refractivity contribution in [2.24, 2.45) is 0 Å². The molecule has 0 spiro atoms. The predicted molar refractivity (Wildman–Crippen MR) is 64.5 cm³/mol. The number of fused-ring (bicyclic) bond motifs is 1. The van der Waals surface area contributed by atoms with Crippen molar-refractivity contribution in [3.63, 3.8) is 0 Å². The minimum Gasteiger partial charge on any atom is -0.399 e. The Balaban J connectivity index is 2.23. The molecule has 0 unspecified atom stereocenters. The maximum absolute atomic E-state index is 11.3. The lowest BCUT2D eigenvalue weighted by atomic mass is 10.3. The molecule has 0 bridgehead atoms. The van der Waals surface area contributed by atoms with Crippen molar-refractivity contribution >= 4 is 38.3 Å². The van der Waals surface area contributed by atoms with Gasteiger partial charge >= 0.3 is 0 Å². The number of nitrogens with one attached hydrogen (secondary N) is 1. The van der Waals surface area contributed by atoms with Gasteiger partial charge in [-0.15, -0.1) is 0 Å². The fraction of sp³-hybridized carbons (Fsp3) is 0.200. The number of carbonyl (C=O) groups excluding carboxylic acids is 1. The van der Waals surface area contributed by atoms with E-state index in [1.54, 1.807) is 6.07 Å². The molecule has 84 valence electrons. The molecular weight excluding hydrogens is 226 g/mol. The normalized spacial score (nSPS) is 10.6. The van der Waals surface area contributed by atoms with Crippen molar-refractivity contribution in [3.05, 3.63) is 18.2 Å². The fourth-order valence-electron chi connectivity index (χ4n) is 1.28. The van der Waals surface area contributed by atoms with Crippen LogP contribution in [0.1, 0.15) is 0 Å². The molecule has 1 aromatic heterocycles. The first-order chi connectivity index (χ1) is 7.69. The number of anilines is 2. The summed E-state index contributed by atoms with van der Waals surface area (Å²) < 4.78 is 5.67. The van der Waals surface area contributed by atoms with Crippen molar-refractivity contribution in [1.82, 2.24) is 4.98 Å². The molecule has 2 rings (SSSR count). The van der Waals surface area contributed by atoms with E-state index in [1.165, 1.54) is 18.4 Å². The van der Waals surface area contributed by atoms with Crippen LogP contribution in [0.4, 0.5) is 10.8 Å². The largest absolute Gasteiger partial charge is 0.399 e. The highest BCUT2D eigenvalue weighted by Crippen LogP contribution is 2.27. The number of amides is 1. The van der Waals surface area contributed by atoms with Crippen LogP contribution in [0, 0.1) is 0 Å². The maximum Gasteiger partial charge on any atom is 0.252 e. The number of ether oxygens (including phenoxy) is 1. The van der Waals surface area contributed by atoms with E-state index in [0.29, 0.717) is 10.8 Å². The Labute approximate surface area is 96.2 Å². The first kappa shape index (κ1) is 10.8. The lowest BCUT2D eigenvalue weighted by molar-refractivity contribution is -0.119. The molecule has 0 aliphatic heterocycles. The van der Waals surface area contributed by atoms with Crippen molar-refractivity contribution in [2.75, 3.05) is 24.8 Å². The van der Waals surface area contributed by atoms with Gasteiger partial charge in [-0.1, -0.05) is 11.3 Å². The lowest BCUT2D eigenvalue weighted by Gasteiger charge is -1.98. The van der Waals surface area contributed by atoms with Gasteiger partial charge in [-0.3, -0.25) is 10.1 Å². The number of methoxy groups -OCH3 is 1. The number of aromatic nitrogens is 1. The number of nitrogens with two attached hydrogens (primary N) is 1. The summed E-state index contributed by atoms with van der Waals surface area (Å²) >= 11 is 1.39. The van der Waals surface area contributed by atoms with E-state index < -0.39 is 0 Å². The highest BCUT2D eigenvalue weighted by Gasteiger charge is 2.07. The van der Waals surface area contributed by atoms with Crippen LogP contribution in [0.25, 0.3) is 10.2 Å². The second-order valence-corrected chi connectivity index (χ2v) is 4.26. The number of hydrogen-bond donors (Lipinski definition) is 2. The minimum absolute atomic E-state index is 0.0259. The van der Waals surface area contributed by atoms with Crippen LogP contribution in [-0.4, -0.2) is 24.6 Å². The van der Waals surface area contributed by atoms with Gasteiger partial charge in [0.1, 0.15) is 6.61 Å². The molecule has 0 atom stereocenters. The van der Waals surface area contributed by atoms with Crippen LogP contribution in [0.2, 0.25) is 0 Å². The molecule has 0 aliphatic carbocycles. The van der Waals surface area contributed by atoms with Crippen molar-refractivity contribution in [3.8, 4) is 0 Å². The summed E-state index contributed by atoms with van der Waals surface area (Å²) in [5, 5.41) is 3.21. The highest BCUT2D eigenvalue weighted by molar-refractivity contribution is 7.22. The molecule has 0 radical (unpaired) electrons. The molecular formula is C10H11N3O2S. The number of rotatable bonds is 3. The molecule has 2 aromatic rings. The van der Waals surface area contributed by atoms with E-state index in [-0.39, 0.29) is 12.5 Å². The molecule has 0 saturated heterocycles. The SMILES string of the molecule is COCC(=O)Nc1nc2ccc(N)cc2s1. The Kier molecular flexibility index (Phi) is 3.02. The Morgan fingerprint density at radius 1 is 1.62 bits per heavy atom. The quantitative estimate of drug-likeness (QED) is 0.792. The van der Waals surface area contributed by atoms with Crippen LogP contribution in [-0.2, 0) is 9.53 Å². The molecule has 16 heavy (non-hydrogen) atoms. The molecule has 0 aliphatic rings. The third-order valence-electron chi connectivity index (χ3n) is 1.93. The van der Waals surface area contributed by atoms with Gasteiger partial charge < -0.3 is 10.5 Å². The monoisotopic (exact) mass is 237 g/mol. The number of thiazole rings is 1. The molecule has 0 fully saturated rings. The Morgan fingerprint density at radius 2 is 2.44 bits per heavy atom. The number of carbonyl (C=O) groups is 1. The number of nitrogens with zero attached hydrogens (tertiary/aromatic N) is 1. The average Bonchev–Trinajstić information content (AvgIpc) is 2.59.